The highest BCUT2D eigenvalue weighted by molar-refractivity contribution is 5.68. The highest BCUT2D eigenvalue weighted by Crippen LogP contribution is 2.13. The van der Waals surface area contributed by atoms with Gasteiger partial charge in [0.05, 0.1) is 6.54 Å². The van der Waals surface area contributed by atoms with Crippen LogP contribution in [0.2, 0.25) is 0 Å². The molecule has 2 aromatic rings. The second-order valence-electron chi connectivity index (χ2n) is 5.08. The predicted octanol–water partition coefficient (Wildman–Crippen LogP) is 0.758. The molecule has 1 amide bonds. The first-order valence-corrected chi connectivity index (χ1v) is 6.93. The number of ether oxygens (including phenoxy) is 1. The van der Waals surface area contributed by atoms with Crippen molar-refractivity contribution in [2.45, 2.75) is 19.6 Å². The highest BCUT2D eigenvalue weighted by Gasteiger charge is 2.24. The molecule has 2 N–H and O–H groups in total. The molecule has 3 rings (SSSR count). The van der Waals surface area contributed by atoms with Gasteiger partial charge in [0, 0.05) is 17.8 Å². The minimum absolute atomic E-state index is 0.169. The number of rotatable bonds is 2. The molecule has 0 fully saturated rings. The molecule has 0 unspecified atom stereocenters. The number of aromatic nitrogens is 2. The molecule has 1 aromatic heterocycles. The number of nitrogens with zero attached hydrogens (tertiary/aromatic N) is 1. The van der Waals surface area contributed by atoms with Crippen LogP contribution in [0.5, 0.6) is 0 Å². The Morgan fingerprint density at radius 3 is 2.73 bits per heavy atom. The van der Waals surface area contributed by atoms with Gasteiger partial charge < -0.3 is 14.6 Å². The molecule has 1 aliphatic rings. The Morgan fingerprint density at radius 1 is 1.18 bits per heavy atom. The van der Waals surface area contributed by atoms with E-state index < -0.39 is 17.3 Å². The van der Waals surface area contributed by atoms with E-state index in [2.05, 4.69) is 9.97 Å². The fraction of sp³-hybridized carbons (Fsp3) is 0.267. The van der Waals surface area contributed by atoms with E-state index in [9.17, 15) is 14.4 Å². The van der Waals surface area contributed by atoms with Gasteiger partial charge in [0.25, 0.3) is 5.56 Å². The largest absolute Gasteiger partial charge is 0.445 e. The summed E-state index contributed by atoms with van der Waals surface area (Å²) in [7, 11) is 0. The number of hydrogen-bond acceptors (Lipinski definition) is 4. The second kappa shape index (κ2) is 5.88. The van der Waals surface area contributed by atoms with Crippen molar-refractivity contribution in [3.63, 3.8) is 0 Å². The van der Waals surface area contributed by atoms with Crippen LogP contribution in [-0.2, 0) is 24.3 Å². The van der Waals surface area contributed by atoms with Crippen LogP contribution >= 0.6 is 0 Å². The molecule has 0 atom stereocenters. The fourth-order valence-electron chi connectivity index (χ4n) is 2.44. The molecule has 0 spiro atoms. The van der Waals surface area contributed by atoms with Crippen LogP contribution in [0.25, 0.3) is 0 Å². The third kappa shape index (κ3) is 2.93. The van der Waals surface area contributed by atoms with E-state index in [0.29, 0.717) is 24.2 Å². The molecule has 0 aliphatic carbocycles. The van der Waals surface area contributed by atoms with E-state index in [-0.39, 0.29) is 13.2 Å². The van der Waals surface area contributed by atoms with Crippen molar-refractivity contribution >= 4 is 6.09 Å². The van der Waals surface area contributed by atoms with Crippen LogP contribution in [0.15, 0.2) is 39.9 Å². The third-order valence-electron chi connectivity index (χ3n) is 3.57. The van der Waals surface area contributed by atoms with Gasteiger partial charge in [-0.1, -0.05) is 30.3 Å². The van der Waals surface area contributed by atoms with Gasteiger partial charge in [0.2, 0.25) is 0 Å². The van der Waals surface area contributed by atoms with Crippen LogP contribution in [-0.4, -0.2) is 27.5 Å². The summed E-state index contributed by atoms with van der Waals surface area (Å²) in [4.78, 5) is 41.3. The molecule has 114 valence electrons. The first kappa shape index (κ1) is 14.1. The standard InChI is InChI=1S/C15H15N3O4/c19-13-11-6-7-18(8-12(11)16-14(20)17-13)15(21)22-9-10-4-2-1-3-5-10/h1-5H,6-9H2,(H2,16,17,19,20). The normalized spacial score (nSPS) is 13.5. The van der Waals surface area contributed by atoms with Crippen LogP contribution in [0.4, 0.5) is 4.79 Å². The van der Waals surface area contributed by atoms with Gasteiger partial charge in [-0.2, -0.15) is 0 Å². The van der Waals surface area contributed by atoms with E-state index in [1.54, 1.807) is 0 Å². The predicted molar refractivity (Wildman–Crippen MR) is 78.4 cm³/mol. The summed E-state index contributed by atoms with van der Waals surface area (Å²) in [6, 6.07) is 9.38. The van der Waals surface area contributed by atoms with Gasteiger partial charge in [0.1, 0.15) is 6.61 Å². The van der Waals surface area contributed by atoms with Crippen LogP contribution in [0.3, 0.4) is 0 Å². The lowest BCUT2D eigenvalue weighted by Gasteiger charge is -2.27. The average molecular weight is 301 g/mol. The van der Waals surface area contributed by atoms with E-state index in [1.807, 2.05) is 30.3 Å². The number of fused-ring (bicyclic) bond motifs is 1. The molecule has 7 heteroatoms. The van der Waals surface area contributed by atoms with Gasteiger partial charge in [0.15, 0.2) is 0 Å². The fourth-order valence-corrected chi connectivity index (χ4v) is 2.44. The van der Waals surface area contributed by atoms with Crippen molar-refractivity contribution in [1.29, 1.82) is 0 Å². The molecule has 1 aromatic carbocycles. The number of nitrogens with one attached hydrogen (secondary N) is 2. The summed E-state index contributed by atoms with van der Waals surface area (Å²) in [5, 5.41) is 0. The molecule has 22 heavy (non-hydrogen) atoms. The van der Waals surface area contributed by atoms with Crippen LogP contribution < -0.4 is 11.2 Å². The van der Waals surface area contributed by atoms with Gasteiger partial charge in [-0.25, -0.2) is 9.59 Å². The maximum Gasteiger partial charge on any atom is 0.410 e. The maximum atomic E-state index is 12.1. The second-order valence-corrected chi connectivity index (χ2v) is 5.08. The zero-order chi connectivity index (χ0) is 15.5. The van der Waals surface area contributed by atoms with Crippen LogP contribution in [0, 0.1) is 0 Å². The molecule has 0 radical (unpaired) electrons. The van der Waals surface area contributed by atoms with Crippen molar-refractivity contribution in [2.24, 2.45) is 0 Å². The molecule has 1 aliphatic heterocycles. The zero-order valence-corrected chi connectivity index (χ0v) is 11.8. The Labute approximate surface area is 125 Å². The highest BCUT2D eigenvalue weighted by atomic mass is 16.6. The van der Waals surface area contributed by atoms with Gasteiger partial charge in [-0.05, 0) is 12.0 Å². The topological polar surface area (TPSA) is 95.3 Å². The smallest absolute Gasteiger partial charge is 0.410 e. The summed E-state index contributed by atoms with van der Waals surface area (Å²) >= 11 is 0. The molecule has 2 heterocycles. The lowest BCUT2D eigenvalue weighted by molar-refractivity contribution is 0.0911. The summed E-state index contributed by atoms with van der Waals surface area (Å²) in [6.07, 6.45) is -0.0716. The van der Waals surface area contributed by atoms with E-state index in [0.717, 1.165) is 5.56 Å². The number of hydrogen-bond donors (Lipinski definition) is 2. The Balaban J connectivity index is 1.68. The SMILES string of the molecule is O=C(OCc1ccccc1)N1CCc2c([nH]c(=O)[nH]c2=O)C1. The molecule has 7 nitrogen and oxygen atoms in total. The number of aromatic amines is 2. The van der Waals surface area contributed by atoms with Crippen molar-refractivity contribution in [1.82, 2.24) is 14.9 Å². The minimum atomic E-state index is -0.566. The number of H-pyrrole nitrogens is 2. The molecular formula is C15H15N3O4. The van der Waals surface area contributed by atoms with Crippen molar-refractivity contribution < 1.29 is 9.53 Å². The Kier molecular flexibility index (Phi) is 3.78. The third-order valence-corrected chi connectivity index (χ3v) is 3.57. The van der Waals surface area contributed by atoms with E-state index in [4.69, 9.17) is 4.74 Å². The Bertz CT molecular complexity index is 794. The van der Waals surface area contributed by atoms with Crippen molar-refractivity contribution in [2.75, 3.05) is 6.54 Å². The first-order chi connectivity index (χ1) is 10.6. The Hall–Kier alpha value is -2.83. The molecule has 0 saturated carbocycles. The quantitative estimate of drug-likeness (QED) is 0.856. The lowest BCUT2D eigenvalue weighted by Crippen LogP contribution is -2.41. The Morgan fingerprint density at radius 2 is 1.95 bits per heavy atom. The maximum absolute atomic E-state index is 12.1. The van der Waals surface area contributed by atoms with Crippen molar-refractivity contribution in [3.05, 3.63) is 68.0 Å². The number of carbonyl (C=O) groups is 1. The molecule has 0 saturated heterocycles. The number of amides is 1. The van der Waals surface area contributed by atoms with Gasteiger partial charge in [-0.3, -0.25) is 9.78 Å². The van der Waals surface area contributed by atoms with Gasteiger partial charge in [-0.15, -0.1) is 0 Å². The molecule has 0 bridgehead atoms. The van der Waals surface area contributed by atoms with Crippen molar-refractivity contribution in [3.8, 4) is 0 Å². The first-order valence-electron chi connectivity index (χ1n) is 6.93. The summed E-state index contributed by atoms with van der Waals surface area (Å²) in [6.45, 7) is 0.743. The van der Waals surface area contributed by atoms with Gasteiger partial charge >= 0.3 is 11.8 Å². The number of benzene rings is 1. The van der Waals surface area contributed by atoms with E-state index >= 15 is 0 Å². The van der Waals surface area contributed by atoms with Crippen LogP contribution in [0.1, 0.15) is 16.8 Å². The molecular weight excluding hydrogens is 286 g/mol. The lowest BCUT2D eigenvalue weighted by atomic mass is 10.1. The minimum Gasteiger partial charge on any atom is -0.445 e. The summed E-state index contributed by atoms with van der Waals surface area (Å²) in [5.74, 6) is 0. The average Bonchev–Trinajstić information content (AvgIpc) is 2.53. The zero-order valence-electron chi connectivity index (χ0n) is 11.8. The monoisotopic (exact) mass is 301 g/mol. The summed E-state index contributed by atoms with van der Waals surface area (Å²) in [5.41, 5.74) is 0.931. The summed E-state index contributed by atoms with van der Waals surface area (Å²) < 4.78 is 5.25. The number of carbonyl (C=O) groups excluding carboxylic acids is 1. The van der Waals surface area contributed by atoms with E-state index in [1.165, 1.54) is 4.90 Å².